The molecule has 1 fully saturated rings. The summed E-state index contributed by atoms with van der Waals surface area (Å²) in [6.07, 6.45) is 5.19. The fourth-order valence-electron chi connectivity index (χ4n) is 1.06. The van der Waals surface area contributed by atoms with Crippen LogP contribution < -0.4 is 5.32 Å². The molecular weight excluding hydrogens is 162 g/mol. The molecule has 1 heterocycles. The number of hydrogen-bond acceptors (Lipinski definition) is 2. The van der Waals surface area contributed by atoms with E-state index in [9.17, 15) is 0 Å². The highest BCUT2D eigenvalue weighted by Crippen LogP contribution is 2.05. The maximum atomic E-state index is 5.23. The lowest BCUT2D eigenvalue weighted by molar-refractivity contribution is 0.131. The van der Waals surface area contributed by atoms with Crippen LogP contribution in [0.2, 0.25) is 0 Å². The van der Waals surface area contributed by atoms with Gasteiger partial charge in [-0.2, -0.15) is 0 Å². The van der Waals surface area contributed by atoms with Gasteiger partial charge in [0.25, 0.3) is 0 Å². The maximum Gasteiger partial charge on any atom is 0.113 e. The lowest BCUT2D eigenvalue weighted by Crippen LogP contribution is -2.31. The topological polar surface area (TPSA) is 21.3 Å². The molecule has 1 aliphatic heterocycles. The van der Waals surface area contributed by atoms with Crippen molar-refractivity contribution >= 4 is 12.4 Å². The van der Waals surface area contributed by atoms with Crippen molar-refractivity contribution in [3.63, 3.8) is 0 Å². The van der Waals surface area contributed by atoms with E-state index in [0.29, 0.717) is 6.10 Å². The molecule has 1 aliphatic rings. The molecular formula is C8H14ClNO. The SMILES string of the molecule is CC#COC1CCNCC1.Cl. The Balaban J connectivity index is 0.000001000. The van der Waals surface area contributed by atoms with Crippen LogP contribution in [0.3, 0.4) is 0 Å². The molecule has 1 N–H and O–H groups in total. The maximum absolute atomic E-state index is 5.23. The first-order chi connectivity index (χ1) is 4.93. The Morgan fingerprint density at radius 3 is 2.55 bits per heavy atom. The average molecular weight is 176 g/mol. The Morgan fingerprint density at radius 2 is 2.00 bits per heavy atom. The van der Waals surface area contributed by atoms with Crippen molar-refractivity contribution in [2.45, 2.75) is 25.9 Å². The Hall–Kier alpha value is -0.390. The van der Waals surface area contributed by atoms with E-state index in [-0.39, 0.29) is 12.4 Å². The van der Waals surface area contributed by atoms with Gasteiger partial charge < -0.3 is 10.1 Å². The first-order valence-electron chi connectivity index (χ1n) is 3.71. The van der Waals surface area contributed by atoms with Gasteiger partial charge in [-0.1, -0.05) is 5.92 Å². The lowest BCUT2D eigenvalue weighted by Gasteiger charge is -2.20. The monoisotopic (exact) mass is 175 g/mol. The molecule has 0 amide bonds. The van der Waals surface area contributed by atoms with Gasteiger partial charge in [0.2, 0.25) is 0 Å². The van der Waals surface area contributed by atoms with Crippen LogP contribution in [0, 0.1) is 12.0 Å². The molecule has 0 spiro atoms. The van der Waals surface area contributed by atoms with Crippen molar-refractivity contribution in [2.75, 3.05) is 13.1 Å². The Labute approximate surface area is 74.1 Å². The van der Waals surface area contributed by atoms with Crippen LogP contribution in [0.1, 0.15) is 19.8 Å². The van der Waals surface area contributed by atoms with E-state index in [4.69, 9.17) is 4.74 Å². The molecule has 1 saturated heterocycles. The molecule has 0 saturated carbocycles. The number of nitrogens with one attached hydrogen (secondary N) is 1. The summed E-state index contributed by atoms with van der Waals surface area (Å²) in [5, 5.41) is 3.26. The van der Waals surface area contributed by atoms with E-state index >= 15 is 0 Å². The van der Waals surface area contributed by atoms with Gasteiger partial charge in [-0.05, 0) is 25.9 Å². The van der Waals surface area contributed by atoms with Gasteiger partial charge in [0.15, 0.2) is 0 Å². The molecule has 11 heavy (non-hydrogen) atoms. The Morgan fingerprint density at radius 1 is 1.36 bits per heavy atom. The number of ether oxygens (including phenoxy) is 1. The third-order valence-electron chi connectivity index (χ3n) is 1.61. The molecule has 64 valence electrons. The zero-order valence-electron chi connectivity index (χ0n) is 6.72. The van der Waals surface area contributed by atoms with Crippen LogP contribution in [-0.4, -0.2) is 19.2 Å². The first kappa shape index (κ1) is 10.6. The number of rotatable bonds is 1. The zero-order chi connectivity index (χ0) is 7.23. The van der Waals surface area contributed by atoms with E-state index in [0.717, 1.165) is 25.9 Å². The molecule has 0 unspecified atom stereocenters. The van der Waals surface area contributed by atoms with E-state index in [1.54, 1.807) is 6.92 Å². The summed E-state index contributed by atoms with van der Waals surface area (Å²) in [5.41, 5.74) is 0. The third kappa shape index (κ3) is 4.13. The molecule has 2 nitrogen and oxygen atoms in total. The summed E-state index contributed by atoms with van der Waals surface area (Å²) in [4.78, 5) is 0. The zero-order valence-corrected chi connectivity index (χ0v) is 7.54. The van der Waals surface area contributed by atoms with Crippen LogP contribution in [0.25, 0.3) is 0 Å². The van der Waals surface area contributed by atoms with Crippen molar-refractivity contribution in [3.05, 3.63) is 0 Å². The second-order valence-corrected chi connectivity index (χ2v) is 2.42. The predicted octanol–water partition coefficient (Wildman–Crippen LogP) is 1.16. The van der Waals surface area contributed by atoms with Gasteiger partial charge in [-0.3, -0.25) is 0 Å². The molecule has 0 aliphatic carbocycles. The average Bonchev–Trinajstić information content (AvgIpc) is 2.03. The van der Waals surface area contributed by atoms with Crippen molar-refractivity contribution in [1.82, 2.24) is 5.32 Å². The molecule has 3 heteroatoms. The lowest BCUT2D eigenvalue weighted by atomic mass is 10.1. The van der Waals surface area contributed by atoms with Crippen molar-refractivity contribution in [1.29, 1.82) is 0 Å². The minimum Gasteiger partial charge on any atom is -0.443 e. The highest BCUT2D eigenvalue weighted by molar-refractivity contribution is 5.85. The molecule has 0 aromatic carbocycles. The largest absolute Gasteiger partial charge is 0.443 e. The number of halogens is 1. The first-order valence-corrected chi connectivity index (χ1v) is 3.71. The predicted molar refractivity (Wildman–Crippen MR) is 47.7 cm³/mol. The molecule has 0 bridgehead atoms. The second-order valence-electron chi connectivity index (χ2n) is 2.42. The van der Waals surface area contributed by atoms with Crippen molar-refractivity contribution < 1.29 is 4.74 Å². The molecule has 0 atom stereocenters. The summed E-state index contributed by atoms with van der Waals surface area (Å²) >= 11 is 0. The van der Waals surface area contributed by atoms with Gasteiger partial charge in [-0.15, -0.1) is 12.4 Å². The van der Waals surface area contributed by atoms with Gasteiger partial charge in [0, 0.05) is 6.92 Å². The quantitative estimate of drug-likeness (QED) is 0.604. The summed E-state index contributed by atoms with van der Waals surface area (Å²) < 4.78 is 5.23. The van der Waals surface area contributed by atoms with Crippen LogP contribution in [0.4, 0.5) is 0 Å². The van der Waals surface area contributed by atoms with Crippen molar-refractivity contribution in [3.8, 4) is 12.0 Å². The highest BCUT2D eigenvalue weighted by Gasteiger charge is 2.11. The van der Waals surface area contributed by atoms with Gasteiger partial charge in [0.1, 0.15) is 12.2 Å². The molecule has 0 aromatic rings. The van der Waals surface area contributed by atoms with Crippen LogP contribution in [0.15, 0.2) is 0 Å². The third-order valence-corrected chi connectivity index (χ3v) is 1.61. The molecule has 1 rings (SSSR count). The van der Waals surface area contributed by atoms with Gasteiger partial charge in [-0.25, -0.2) is 0 Å². The summed E-state index contributed by atoms with van der Waals surface area (Å²) in [6.45, 7) is 3.92. The smallest absolute Gasteiger partial charge is 0.113 e. The fraction of sp³-hybridized carbons (Fsp3) is 0.750. The highest BCUT2D eigenvalue weighted by atomic mass is 35.5. The Bertz CT molecular complexity index is 144. The van der Waals surface area contributed by atoms with Crippen molar-refractivity contribution in [2.24, 2.45) is 0 Å². The van der Waals surface area contributed by atoms with Crippen LogP contribution >= 0.6 is 12.4 Å². The summed E-state index contributed by atoms with van der Waals surface area (Å²) in [5.74, 6) is 2.72. The standard InChI is InChI=1S/C8H13NO.ClH/c1-2-7-10-8-3-5-9-6-4-8;/h8-9H,3-6H2,1H3;1H. The minimum absolute atomic E-state index is 0. The molecule has 0 aromatic heterocycles. The van der Waals surface area contributed by atoms with Crippen LogP contribution in [-0.2, 0) is 4.74 Å². The van der Waals surface area contributed by atoms with E-state index in [2.05, 4.69) is 17.3 Å². The van der Waals surface area contributed by atoms with E-state index in [1.807, 2.05) is 0 Å². The van der Waals surface area contributed by atoms with Gasteiger partial charge in [0.05, 0.1) is 0 Å². The summed E-state index contributed by atoms with van der Waals surface area (Å²) in [6, 6.07) is 0. The fourth-order valence-corrected chi connectivity index (χ4v) is 1.06. The normalized spacial score (nSPS) is 17.5. The number of hydrogen-bond donors (Lipinski definition) is 1. The van der Waals surface area contributed by atoms with E-state index in [1.165, 1.54) is 0 Å². The van der Waals surface area contributed by atoms with Crippen LogP contribution in [0.5, 0.6) is 0 Å². The molecule has 0 radical (unpaired) electrons. The van der Waals surface area contributed by atoms with Gasteiger partial charge >= 0.3 is 0 Å². The summed E-state index contributed by atoms with van der Waals surface area (Å²) in [7, 11) is 0. The number of piperidine rings is 1. The van der Waals surface area contributed by atoms with E-state index < -0.39 is 0 Å². The Kier molecular flexibility index (Phi) is 6.10. The second kappa shape index (κ2) is 6.33. The minimum atomic E-state index is 0.